The Balaban J connectivity index is 1.39. The molecule has 0 atom stereocenters. The topological polar surface area (TPSA) is 71.5 Å². The number of hydrogen-bond acceptors (Lipinski definition) is 7. The first-order valence-electron chi connectivity index (χ1n) is 11.2. The summed E-state index contributed by atoms with van der Waals surface area (Å²) in [6.45, 7) is 6.57. The van der Waals surface area contributed by atoms with Gasteiger partial charge in [-0.2, -0.15) is 0 Å². The van der Waals surface area contributed by atoms with E-state index in [4.69, 9.17) is 14.5 Å². The summed E-state index contributed by atoms with van der Waals surface area (Å²) in [4.78, 5) is 11.2. The highest BCUT2D eigenvalue weighted by Gasteiger charge is 2.18. The van der Waals surface area contributed by atoms with E-state index in [1.165, 1.54) is 6.07 Å². The van der Waals surface area contributed by atoms with Gasteiger partial charge in [0.05, 0.1) is 18.9 Å². The second kappa shape index (κ2) is 9.26. The summed E-state index contributed by atoms with van der Waals surface area (Å²) in [7, 11) is 0. The molecule has 2 fully saturated rings. The molecule has 3 heterocycles. The summed E-state index contributed by atoms with van der Waals surface area (Å²) in [6.07, 6.45) is 3.92. The van der Waals surface area contributed by atoms with E-state index in [1.807, 2.05) is 30.0 Å². The number of morpholine rings is 1. The van der Waals surface area contributed by atoms with Crippen LogP contribution in [0.1, 0.15) is 18.4 Å². The summed E-state index contributed by atoms with van der Waals surface area (Å²) in [6, 6.07) is 9.15. The molecule has 0 saturated carbocycles. The van der Waals surface area contributed by atoms with Crippen LogP contribution in [0.5, 0.6) is 5.75 Å². The number of nitrogens with zero attached hydrogens (tertiary/aromatic N) is 3. The Hall–Kier alpha value is -2.97. The van der Waals surface area contributed by atoms with E-state index in [1.54, 1.807) is 12.3 Å². The molecule has 2 N–H and O–H groups in total. The van der Waals surface area contributed by atoms with Crippen LogP contribution in [-0.4, -0.2) is 55.5 Å². The smallest absolute Gasteiger partial charge is 0.227 e. The van der Waals surface area contributed by atoms with Gasteiger partial charge in [-0.15, -0.1) is 0 Å². The van der Waals surface area contributed by atoms with Crippen molar-refractivity contribution in [3.05, 3.63) is 47.9 Å². The molecule has 0 spiro atoms. The number of aryl methyl sites for hydroxylation is 1. The molecule has 3 aromatic rings. The monoisotopic (exact) mass is 437 g/mol. The maximum absolute atomic E-state index is 14.8. The molecule has 1 aromatic heterocycles. The largest absolute Gasteiger partial charge is 0.488 e. The molecule has 32 heavy (non-hydrogen) atoms. The highest BCUT2D eigenvalue weighted by molar-refractivity contribution is 5.87. The van der Waals surface area contributed by atoms with Gasteiger partial charge in [0.1, 0.15) is 23.2 Å². The molecule has 0 bridgehead atoms. The van der Waals surface area contributed by atoms with Crippen molar-refractivity contribution in [1.82, 2.24) is 15.3 Å². The number of benzene rings is 2. The number of piperidine rings is 1. The molecule has 168 valence electrons. The molecular weight excluding hydrogens is 409 g/mol. The van der Waals surface area contributed by atoms with Gasteiger partial charge in [-0.25, -0.2) is 14.4 Å². The maximum atomic E-state index is 14.8. The number of nitrogens with one attached hydrogen (secondary N) is 2. The standard InChI is InChI=1S/C24H28FN5O2/c1-16-2-5-22(32-18-6-8-26-9-7-18)23-19(16)15-27-24(29-23)28-17-3-4-21(20(25)14-17)30-10-12-31-13-11-30/h2-5,14-15,18,26H,6-13H2,1H3,(H,27,28,29). The van der Waals surface area contributed by atoms with Crippen LogP contribution >= 0.6 is 0 Å². The van der Waals surface area contributed by atoms with Crippen molar-refractivity contribution in [2.45, 2.75) is 25.9 Å². The van der Waals surface area contributed by atoms with Crippen molar-refractivity contribution in [1.29, 1.82) is 0 Å². The van der Waals surface area contributed by atoms with Gasteiger partial charge in [-0.3, -0.25) is 0 Å². The number of halogens is 1. The third kappa shape index (κ3) is 4.47. The zero-order valence-electron chi connectivity index (χ0n) is 18.2. The zero-order valence-corrected chi connectivity index (χ0v) is 18.2. The molecule has 0 aliphatic carbocycles. The fourth-order valence-corrected chi connectivity index (χ4v) is 4.25. The summed E-state index contributed by atoms with van der Waals surface area (Å²) >= 11 is 0. The molecule has 2 aromatic carbocycles. The van der Waals surface area contributed by atoms with Gasteiger partial charge in [0.25, 0.3) is 0 Å². The molecule has 8 heteroatoms. The number of rotatable bonds is 5. The lowest BCUT2D eigenvalue weighted by molar-refractivity contribution is 0.122. The predicted octanol–water partition coefficient (Wildman–Crippen LogP) is 3.79. The first kappa shape index (κ1) is 20.9. The molecule has 7 nitrogen and oxygen atoms in total. The van der Waals surface area contributed by atoms with Gasteiger partial charge in [-0.05, 0) is 62.7 Å². The van der Waals surface area contributed by atoms with Crippen molar-refractivity contribution >= 4 is 28.2 Å². The predicted molar refractivity (Wildman–Crippen MR) is 124 cm³/mol. The van der Waals surface area contributed by atoms with Gasteiger partial charge < -0.3 is 25.0 Å². The second-order valence-corrected chi connectivity index (χ2v) is 8.29. The van der Waals surface area contributed by atoms with Crippen molar-refractivity contribution < 1.29 is 13.9 Å². The molecular formula is C24H28FN5O2. The van der Waals surface area contributed by atoms with Crippen LogP contribution in [-0.2, 0) is 4.74 Å². The van der Waals surface area contributed by atoms with Gasteiger partial charge >= 0.3 is 0 Å². The minimum atomic E-state index is -0.275. The zero-order chi connectivity index (χ0) is 21.9. The fraction of sp³-hybridized carbons (Fsp3) is 0.417. The molecule has 0 amide bonds. The van der Waals surface area contributed by atoms with Crippen LogP contribution in [0.25, 0.3) is 10.9 Å². The lowest BCUT2D eigenvalue weighted by Gasteiger charge is -2.29. The minimum absolute atomic E-state index is 0.176. The van der Waals surface area contributed by atoms with Crippen molar-refractivity contribution in [3.8, 4) is 5.75 Å². The van der Waals surface area contributed by atoms with E-state index in [-0.39, 0.29) is 11.9 Å². The molecule has 0 radical (unpaired) electrons. The third-order valence-corrected chi connectivity index (χ3v) is 6.07. The van der Waals surface area contributed by atoms with Crippen LogP contribution in [0, 0.1) is 12.7 Å². The van der Waals surface area contributed by atoms with Crippen LogP contribution in [0.4, 0.5) is 21.7 Å². The summed E-state index contributed by atoms with van der Waals surface area (Å²) in [5.41, 5.74) is 3.05. The van der Waals surface area contributed by atoms with E-state index in [2.05, 4.69) is 15.6 Å². The molecule has 2 aliphatic heterocycles. The van der Waals surface area contributed by atoms with E-state index in [0.717, 1.165) is 48.1 Å². The van der Waals surface area contributed by atoms with E-state index in [0.29, 0.717) is 43.6 Å². The Bertz CT molecular complexity index is 1100. The number of ether oxygens (including phenoxy) is 2. The molecule has 2 saturated heterocycles. The normalized spacial score (nSPS) is 17.5. The van der Waals surface area contributed by atoms with E-state index < -0.39 is 0 Å². The van der Waals surface area contributed by atoms with Crippen molar-refractivity contribution in [2.24, 2.45) is 0 Å². The third-order valence-electron chi connectivity index (χ3n) is 6.07. The van der Waals surface area contributed by atoms with Crippen LogP contribution in [0.2, 0.25) is 0 Å². The van der Waals surface area contributed by atoms with Crippen LogP contribution < -0.4 is 20.3 Å². The Morgan fingerprint density at radius 3 is 2.75 bits per heavy atom. The van der Waals surface area contributed by atoms with E-state index >= 15 is 0 Å². The summed E-state index contributed by atoms with van der Waals surface area (Å²) < 4.78 is 26.4. The first-order valence-corrected chi connectivity index (χ1v) is 11.2. The summed E-state index contributed by atoms with van der Waals surface area (Å²) in [5, 5.41) is 7.46. The average molecular weight is 438 g/mol. The van der Waals surface area contributed by atoms with Crippen molar-refractivity contribution in [3.63, 3.8) is 0 Å². The fourth-order valence-electron chi connectivity index (χ4n) is 4.25. The molecule has 2 aliphatic rings. The second-order valence-electron chi connectivity index (χ2n) is 8.29. The van der Waals surface area contributed by atoms with Crippen LogP contribution in [0.15, 0.2) is 36.5 Å². The maximum Gasteiger partial charge on any atom is 0.227 e. The number of hydrogen-bond donors (Lipinski definition) is 2. The highest BCUT2D eigenvalue weighted by Crippen LogP contribution is 2.30. The van der Waals surface area contributed by atoms with Crippen LogP contribution in [0.3, 0.4) is 0 Å². The number of fused-ring (bicyclic) bond motifs is 1. The Labute approximate surface area is 186 Å². The highest BCUT2D eigenvalue weighted by atomic mass is 19.1. The number of anilines is 3. The number of aromatic nitrogens is 2. The van der Waals surface area contributed by atoms with Gasteiger partial charge in [0, 0.05) is 30.4 Å². The lowest BCUT2D eigenvalue weighted by Crippen LogP contribution is -2.36. The lowest BCUT2D eigenvalue weighted by atomic mass is 10.1. The Morgan fingerprint density at radius 1 is 1.16 bits per heavy atom. The Kier molecular flexibility index (Phi) is 6.05. The minimum Gasteiger partial charge on any atom is -0.488 e. The quantitative estimate of drug-likeness (QED) is 0.629. The van der Waals surface area contributed by atoms with Gasteiger partial charge in [-0.1, -0.05) is 6.07 Å². The molecule has 0 unspecified atom stereocenters. The van der Waals surface area contributed by atoms with Crippen molar-refractivity contribution in [2.75, 3.05) is 49.6 Å². The van der Waals surface area contributed by atoms with Gasteiger partial charge in [0.15, 0.2) is 0 Å². The average Bonchev–Trinajstić information content (AvgIpc) is 2.82. The SMILES string of the molecule is Cc1ccc(OC2CCNCC2)c2nc(Nc3ccc(N4CCOCC4)c(F)c3)ncc12. The summed E-state index contributed by atoms with van der Waals surface area (Å²) in [5.74, 6) is 0.900. The van der Waals surface area contributed by atoms with E-state index in [9.17, 15) is 4.39 Å². The Morgan fingerprint density at radius 2 is 1.97 bits per heavy atom. The molecule has 5 rings (SSSR count). The first-order chi connectivity index (χ1) is 15.7. The van der Waals surface area contributed by atoms with Gasteiger partial charge in [0.2, 0.25) is 5.95 Å².